The second-order valence-corrected chi connectivity index (χ2v) is 11.6. The summed E-state index contributed by atoms with van der Waals surface area (Å²) >= 11 is 10.2. The molecule has 0 N–H and O–H groups in total. The van der Waals surface area contributed by atoms with E-state index in [9.17, 15) is 9.59 Å². The smallest absolute Gasteiger partial charge is 0.239 e. The molecule has 2 amide bonds. The van der Waals surface area contributed by atoms with Gasteiger partial charge in [0.25, 0.3) is 0 Å². The van der Waals surface area contributed by atoms with Gasteiger partial charge in [-0.25, -0.2) is 4.90 Å². The molecule has 0 saturated carbocycles. The zero-order valence-electron chi connectivity index (χ0n) is 15.5. The molecule has 2 bridgehead atoms. The first-order chi connectivity index (χ1) is 14.4. The van der Waals surface area contributed by atoms with Crippen molar-refractivity contribution in [3.8, 4) is 0 Å². The molecule has 148 valence electrons. The number of alkyl halides is 2. The van der Waals surface area contributed by atoms with E-state index >= 15 is 0 Å². The molecular weight excluding hydrogens is 621 g/mol. The Hall–Kier alpha value is -1.51. The molecule has 1 heterocycles. The molecule has 4 aliphatic rings. The molecular formula is C24H14Br2INO2. The SMILES string of the molecule is O=C1C2C(C(=O)N1c1ccccc1I)C1(Br)c3ccccc3C2(Br)c2ccccc21. The van der Waals surface area contributed by atoms with Crippen molar-refractivity contribution in [2.45, 2.75) is 8.65 Å². The number of carbonyl (C=O) groups is 2. The van der Waals surface area contributed by atoms with Crippen molar-refractivity contribution < 1.29 is 9.59 Å². The molecule has 2 atom stereocenters. The van der Waals surface area contributed by atoms with Crippen molar-refractivity contribution >= 4 is 72.0 Å². The molecule has 1 saturated heterocycles. The van der Waals surface area contributed by atoms with Crippen molar-refractivity contribution in [3.05, 3.63) is 98.6 Å². The van der Waals surface area contributed by atoms with Crippen molar-refractivity contribution in [2.75, 3.05) is 4.90 Å². The van der Waals surface area contributed by atoms with Crippen molar-refractivity contribution in [1.29, 1.82) is 0 Å². The predicted octanol–water partition coefficient (Wildman–Crippen LogP) is 5.70. The Labute approximate surface area is 204 Å². The zero-order chi connectivity index (χ0) is 20.8. The molecule has 1 fully saturated rings. The summed E-state index contributed by atoms with van der Waals surface area (Å²) in [6.07, 6.45) is 0. The summed E-state index contributed by atoms with van der Waals surface area (Å²) in [6, 6.07) is 23.8. The summed E-state index contributed by atoms with van der Waals surface area (Å²) < 4.78 is -0.616. The van der Waals surface area contributed by atoms with E-state index in [0.29, 0.717) is 5.69 Å². The number of halogens is 3. The minimum Gasteiger partial charge on any atom is -0.274 e. The van der Waals surface area contributed by atoms with Gasteiger partial charge in [0.2, 0.25) is 11.8 Å². The van der Waals surface area contributed by atoms with Gasteiger partial charge in [-0.3, -0.25) is 9.59 Å². The van der Waals surface area contributed by atoms with Crippen LogP contribution in [0.1, 0.15) is 22.3 Å². The molecule has 3 aliphatic carbocycles. The number of rotatable bonds is 1. The largest absolute Gasteiger partial charge is 0.274 e. The van der Waals surface area contributed by atoms with Crippen LogP contribution in [0.5, 0.6) is 0 Å². The van der Waals surface area contributed by atoms with E-state index in [-0.39, 0.29) is 11.8 Å². The average molecular weight is 635 g/mol. The van der Waals surface area contributed by atoms with E-state index in [2.05, 4.69) is 78.7 Å². The second-order valence-electron chi connectivity index (χ2n) is 7.93. The van der Waals surface area contributed by atoms with Crippen LogP contribution in [0.2, 0.25) is 0 Å². The Balaban J connectivity index is 1.68. The molecule has 3 aromatic rings. The van der Waals surface area contributed by atoms with Gasteiger partial charge in [0, 0.05) is 3.57 Å². The highest BCUT2D eigenvalue weighted by atomic mass is 127. The van der Waals surface area contributed by atoms with E-state index in [1.54, 1.807) is 0 Å². The Bertz CT molecular complexity index is 1150. The fraction of sp³-hybridized carbons (Fsp3) is 0.167. The zero-order valence-corrected chi connectivity index (χ0v) is 20.8. The van der Waals surface area contributed by atoms with Gasteiger partial charge < -0.3 is 0 Å². The molecule has 1 aliphatic heterocycles. The van der Waals surface area contributed by atoms with Crippen LogP contribution >= 0.6 is 54.5 Å². The third-order valence-electron chi connectivity index (χ3n) is 6.68. The van der Waals surface area contributed by atoms with E-state index in [0.717, 1.165) is 25.8 Å². The maximum atomic E-state index is 13.9. The number of amides is 2. The van der Waals surface area contributed by atoms with Crippen LogP contribution in [-0.2, 0) is 18.2 Å². The van der Waals surface area contributed by atoms with E-state index < -0.39 is 20.5 Å². The lowest BCUT2D eigenvalue weighted by Crippen LogP contribution is -2.56. The first kappa shape index (κ1) is 19.2. The van der Waals surface area contributed by atoms with Gasteiger partial charge >= 0.3 is 0 Å². The summed E-state index contributed by atoms with van der Waals surface area (Å²) in [4.78, 5) is 29.2. The summed E-state index contributed by atoms with van der Waals surface area (Å²) in [7, 11) is 0. The number of imide groups is 1. The maximum absolute atomic E-state index is 13.9. The quantitative estimate of drug-likeness (QED) is 0.196. The van der Waals surface area contributed by atoms with E-state index in [1.807, 2.05) is 48.5 Å². The minimum atomic E-state index is -0.748. The molecule has 30 heavy (non-hydrogen) atoms. The van der Waals surface area contributed by atoms with Crippen molar-refractivity contribution in [1.82, 2.24) is 0 Å². The number of nitrogens with zero attached hydrogens (tertiary/aromatic N) is 1. The monoisotopic (exact) mass is 633 g/mol. The molecule has 2 unspecified atom stereocenters. The first-order valence-electron chi connectivity index (χ1n) is 9.62. The number of hydrogen-bond acceptors (Lipinski definition) is 2. The predicted molar refractivity (Wildman–Crippen MR) is 131 cm³/mol. The van der Waals surface area contributed by atoms with Crippen molar-refractivity contribution in [2.24, 2.45) is 11.8 Å². The van der Waals surface area contributed by atoms with Gasteiger partial charge in [-0.1, -0.05) is 92.5 Å². The summed E-state index contributed by atoms with van der Waals surface area (Å²) in [5.41, 5.74) is 4.85. The minimum absolute atomic E-state index is 0.154. The van der Waals surface area contributed by atoms with Crippen LogP contribution in [0, 0.1) is 15.4 Å². The van der Waals surface area contributed by atoms with Gasteiger partial charge in [-0.05, 0) is 57.0 Å². The Morgan fingerprint density at radius 2 is 1.03 bits per heavy atom. The van der Waals surface area contributed by atoms with Crippen LogP contribution in [0.4, 0.5) is 5.69 Å². The highest BCUT2D eigenvalue weighted by Gasteiger charge is 2.72. The molecule has 0 spiro atoms. The number of carbonyl (C=O) groups excluding carboxylic acids is 2. The number of hydrogen-bond donors (Lipinski definition) is 0. The summed E-state index contributed by atoms with van der Waals surface area (Å²) in [5, 5.41) is 0. The van der Waals surface area contributed by atoms with Crippen molar-refractivity contribution in [3.63, 3.8) is 0 Å². The third kappa shape index (κ3) is 2.06. The highest BCUT2D eigenvalue weighted by molar-refractivity contribution is 14.1. The fourth-order valence-corrected chi connectivity index (χ4v) is 8.47. The normalized spacial score (nSPS) is 30.8. The lowest BCUT2D eigenvalue weighted by Gasteiger charge is -2.55. The lowest BCUT2D eigenvalue weighted by molar-refractivity contribution is -0.122. The highest BCUT2D eigenvalue weighted by Crippen LogP contribution is 2.70. The average Bonchev–Trinajstić information content (AvgIpc) is 3.04. The Morgan fingerprint density at radius 3 is 1.43 bits per heavy atom. The first-order valence-corrected chi connectivity index (χ1v) is 12.3. The van der Waals surface area contributed by atoms with Crippen LogP contribution in [-0.4, -0.2) is 11.8 Å². The Morgan fingerprint density at radius 1 is 0.667 bits per heavy atom. The van der Waals surface area contributed by atoms with Crippen LogP contribution in [0.15, 0.2) is 72.8 Å². The molecule has 0 aromatic heterocycles. The van der Waals surface area contributed by atoms with Gasteiger partial charge in [-0.15, -0.1) is 0 Å². The molecule has 0 radical (unpaired) electrons. The van der Waals surface area contributed by atoms with Gasteiger partial charge in [0.15, 0.2) is 0 Å². The van der Waals surface area contributed by atoms with E-state index in [1.165, 1.54) is 4.90 Å². The molecule has 6 heteroatoms. The van der Waals surface area contributed by atoms with Gasteiger partial charge in [0.05, 0.1) is 26.2 Å². The van der Waals surface area contributed by atoms with Crippen LogP contribution < -0.4 is 4.90 Å². The maximum Gasteiger partial charge on any atom is 0.239 e. The van der Waals surface area contributed by atoms with Crippen LogP contribution in [0.25, 0.3) is 0 Å². The summed E-state index contributed by atoms with van der Waals surface area (Å²) in [5.74, 6) is -1.38. The summed E-state index contributed by atoms with van der Waals surface area (Å²) in [6.45, 7) is 0. The van der Waals surface area contributed by atoms with E-state index in [4.69, 9.17) is 0 Å². The number of anilines is 1. The number of para-hydroxylation sites is 1. The Kier molecular flexibility index (Phi) is 4.01. The molecule has 3 aromatic carbocycles. The lowest BCUT2D eigenvalue weighted by atomic mass is 9.54. The standard InChI is InChI=1S/C24H14Br2INO2/c25-23-13-7-1-2-8-14(13)24(26,16-10-4-3-9-15(16)23)20-19(23)21(29)28(22(20)30)18-12-6-5-11-17(18)27/h1-12,19-20H. The second kappa shape index (κ2) is 6.26. The fourth-order valence-electron chi connectivity index (χ4n) is 5.54. The third-order valence-corrected chi connectivity index (χ3v) is 10.3. The molecule has 3 nitrogen and oxygen atoms in total. The van der Waals surface area contributed by atoms with Gasteiger partial charge in [0.1, 0.15) is 0 Å². The number of benzene rings is 3. The van der Waals surface area contributed by atoms with Gasteiger partial charge in [-0.2, -0.15) is 0 Å². The van der Waals surface area contributed by atoms with Crippen LogP contribution in [0.3, 0.4) is 0 Å². The molecule has 7 rings (SSSR count). The topological polar surface area (TPSA) is 37.4 Å².